The number of primary amides is 1. The van der Waals surface area contributed by atoms with Crippen molar-refractivity contribution in [2.75, 3.05) is 42.2 Å². The molecule has 0 bridgehead atoms. The quantitative estimate of drug-likeness (QED) is 0.287. The molecule has 1 aliphatic heterocycles. The van der Waals surface area contributed by atoms with E-state index in [1.807, 2.05) is 24.9 Å². The number of nitrogens with two attached hydrogens (primary N) is 1. The lowest BCUT2D eigenvalue weighted by molar-refractivity contribution is 0.100. The molecule has 1 atom stereocenters. The van der Waals surface area contributed by atoms with Crippen LogP contribution in [-0.4, -0.2) is 58.5 Å². The highest BCUT2D eigenvalue weighted by Gasteiger charge is 2.24. The summed E-state index contributed by atoms with van der Waals surface area (Å²) in [5.74, 6) is 2.06. The van der Waals surface area contributed by atoms with Crippen LogP contribution in [-0.2, 0) is 6.54 Å². The lowest BCUT2D eigenvalue weighted by Gasteiger charge is -2.22. The van der Waals surface area contributed by atoms with Crippen molar-refractivity contribution in [2.45, 2.75) is 67.0 Å². The highest BCUT2D eigenvalue weighted by molar-refractivity contribution is 5.94. The van der Waals surface area contributed by atoms with Crippen LogP contribution in [0.15, 0.2) is 42.5 Å². The van der Waals surface area contributed by atoms with E-state index in [0.29, 0.717) is 35.2 Å². The molecule has 4 rings (SSSR count). The predicted octanol–water partition coefficient (Wildman–Crippen LogP) is 5.56. The number of nitrogens with one attached hydrogen (secondary N) is 2. The largest absolute Gasteiger partial charge is 0.366 e. The maximum absolute atomic E-state index is 11.7. The number of benzene rings is 2. The van der Waals surface area contributed by atoms with E-state index < -0.39 is 5.91 Å². The number of hydrogen-bond acceptors (Lipinski definition) is 8. The first-order valence-corrected chi connectivity index (χ1v) is 13.8. The van der Waals surface area contributed by atoms with Gasteiger partial charge in [0.2, 0.25) is 23.8 Å². The van der Waals surface area contributed by atoms with Crippen molar-refractivity contribution in [3.05, 3.63) is 64.7 Å². The van der Waals surface area contributed by atoms with Crippen LogP contribution in [0.4, 0.5) is 23.5 Å². The average molecular weight is 547 g/mol. The molecule has 0 radical (unpaired) electrons. The number of likely N-dealkylation sites (tertiary alicyclic amines) is 1. The topological polar surface area (TPSA) is 112 Å². The SMILES string of the molecule is C.Cc1ccc(C(N)=O)cc1Nc1nc(N[C@H]2CCN(Cc3ccc(C(C)C)cc3)C2)nc(N(C)CC(C)C)n1. The molecule has 9 nitrogen and oxygen atoms in total. The second-order valence-corrected chi connectivity index (χ2v) is 11.3. The summed E-state index contributed by atoms with van der Waals surface area (Å²) in [6, 6.07) is 14.5. The molecule has 4 N–H and O–H groups in total. The van der Waals surface area contributed by atoms with Crippen molar-refractivity contribution < 1.29 is 4.79 Å². The molecular weight excluding hydrogens is 500 g/mol. The number of anilines is 4. The van der Waals surface area contributed by atoms with Gasteiger partial charge in [-0.3, -0.25) is 9.69 Å². The summed E-state index contributed by atoms with van der Waals surface area (Å²) in [5, 5.41) is 6.84. The third kappa shape index (κ3) is 8.14. The summed E-state index contributed by atoms with van der Waals surface area (Å²) in [4.78, 5) is 30.4. The van der Waals surface area contributed by atoms with Crippen LogP contribution in [0, 0.1) is 12.8 Å². The lowest BCUT2D eigenvalue weighted by atomic mass is 10.0. The zero-order chi connectivity index (χ0) is 28.1. The second kappa shape index (κ2) is 13.6. The number of amides is 1. The Bertz CT molecular complexity index is 1270. The Morgan fingerprint density at radius 1 is 1.07 bits per heavy atom. The Balaban J connectivity index is 0.00000441. The zero-order valence-electron chi connectivity index (χ0n) is 24.0. The smallest absolute Gasteiger partial charge is 0.248 e. The highest BCUT2D eigenvalue weighted by Crippen LogP contribution is 2.24. The van der Waals surface area contributed by atoms with Crippen molar-refractivity contribution in [1.29, 1.82) is 0 Å². The van der Waals surface area contributed by atoms with E-state index in [0.717, 1.165) is 43.9 Å². The van der Waals surface area contributed by atoms with Crippen molar-refractivity contribution >= 4 is 29.4 Å². The number of carbonyl (C=O) groups is 1. The normalized spacial score (nSPS) is 15.2. The van der Waals surface area contributed by atoms with Gasteiger partial charge in [-0.15, -0.1) is 0 Å². The minimum absolute atomic E-state index is 0. The van der Waals surface area contributed by atoms with E-state index in [-0.39, 0.29) is 13.5 Å². The molecule has 1 amide bonds. The van der Waals surface area contributed by atoms with E-state index in [4.69, 9.17) is 15.7 Å². The van der Waals surface area contributed by atoms with Gasteiger partial charge in [0.15, 0.2) is 0 Å². The summed E-state index contributed by atoms with van der Waals surface area (Å²) in [5.41, 5.74) is 10.3. The molecule has 2 aromatic carbocycles. The molecule has 0 unspecified atom stereocenters. The number of aromatic nitrogens is 3. The average Bonchev–Trinajstić information content (AvgIpc) is 3.31. The van der Waals surface area contributed by atoms with Gasteiger partial charge in [-0.05, 0) is 54.0 Å². The van der Waals surface area contributed by atoms with E-state index in [2.05, 4.69) is 72.5 Å². The van der Waals surface area contributed by atoms with Crippen LogP contribution in [0.25, 0.3) is 0 Å². The highest BCUT2D eigenvalue weighted by atomic mass is 16.1. The fourth-order valence-electron chi connectivity index (χ4n) is 4.86. The van der Waals surface area contributed by atoms with Crippen molar-refractivity contribution in [3.8, 4) is 0 Å². The minimum Gasteiger partial charge on any atom is -0.366 e. The monoisotopic (exact) mass is 546 g/mol. The number of rotatable bonds is 11. The van der Waals surface area contributed by atoms with Crippen molar-refractivity contribution in [2.24, 2.45) is 11.7 Å². The third-order valence-corrected chi connectivity index (χ3v) is 7.03. The Morgan fingerprint density at radius 2 is 1.77 bits per heavy atom. The van der Waals surface area contributed by atoms with Gasteiger partial charge in [0, 0.05) is 50.5 Å². The standard InChI is InChI=1S/C30H42N8O.CH4/c1-19(2)16-37(6)30-35-28(34-29(36-30)33-26-15-24(27(31)39)10-7-21(26)5)32-25-13-14-38(18-25)17-22-8-11-23(12-9-22)20(3)4;/h7-12,15,19-20,25H,13-14,16-18H2,1-6H3,(H2,31,39)(H2,32,33,34,35,36);1H4/t25-;/m0./s1. The summed E-state index contributed by atoms with van der Waals surface area (Å²) in [6.45, 7) is 14.4. The maximum Gasteiger partial charge on any atom is 0.248 e. The summed E-state index contributed by atoms with van der Waals surface area (Å²) in [7, 11) is 1.99. The van der Waals surface area contributed by atoms with Crippen LogP contribution in [0.5, 0.6) is 0 Å². The Hall–Kier alpha value is -3.72. The van der Waals surface area contributed by atoms with Gasteiger partial charge in [-0.25, -0.2) is 0 Å². The summed E-state index contributed by atoms with van der Waals surface area (Å²) < 4.78 is 0. The van der Waals surface area contributed by atoms with E-state index in [1.165, 1.54) is 11.1 Å². The second-order valence-electron chi connectivity index (χ2n) is 11.3. The molecule has 40 heavy (non-hydrogen) atoms. The van der Waals surface area contributed by atoms with Gasteiger partial charge in [-0.1, -0.05) is 65.5 Å². The van der Waals surface area contributed by atoms with E-state index in [1.54, 1.807) is 12.1 Å². The van der Waals surface area contributed by atoms with Gasteiger partial charge >= 0.3 is 0 Å². The molecule has 1 fully saturated rings. The number of hydrogen-bond donors (Lipinski definition) is 3. The van der Waals surface area contributed by atoms with Gasteiger partial charge in [0.05, 0.1) is 0 Å². The molecule has 216 valence electrons. The minimum atomic E-state index is -0.477. The molecule has 2 heterocycles. The first-order valence-electron chi connectivity index (χ1n) is 13.8. The fourth-order valence-corrected chi connectivity index (χ4v) is 4.86. The van der Waals surface area contributed by atoms with E-state index in [9.17, 15) is 4.79 Å². The molecule has 1 aromatic heterocycles. The first kappa shape index (κ1) is 30.8. The van der Waals surface area contributed by atoms with Gasteiger partial charge in [-0.2, -0.15) is 15.0 Å². The van der Waals surface area contributed by atoms with Gasteiger partial charge < -0.3 is 21.3 Å². The third-order valence-electron chi connectivity index (χ3n) is 7.03. The Kier molecular flexibility index (Phi) is 10.5. The molecular formula is C31H46N8O. The van der Waals surface area contributed by atoms with Crippen LogP contribution >= 0.6 is 0 Å². The molecule has 9 heteroatoms. The van der Waals surface area contributed by atoms with E-state index >= 15 is 0 Å². The van der Waals surface area contributed by atoms with Gasteiger partial charge in [0.25, 0.3) is 0 Å². The molecule has 1 aliphatic rings. The maximum atomic E-state index is 11.7. The van der Waals surface area contributed by atoms with Crippen LogP contribution < -0.4 is 21.3 Å². The Labute approximate surface area is 239 Å². The predicted molar refractivity (Wildman–Crippen MR) is 165 cm³/mol. The molecule has 1 saturated heterocycles. The molecule has 0 saturated carbocycles. The number of nitrogens with zero attached hydrogens (tertiary/aromatic N) is 5. The lowest BCUT2D eigenvalue weighted by Crippen LogP contribution is -2.28. The summed E-state index contributed by atoms with van der Waals surface area (Å²) >= 11 is 0. The molecule has 3 aromatic rings. The molecule has 0 spiro atoms. The first-order chi connectivity index (χ1) is 18.6. The molecule has 0 aliphatic carbocycles. The summed E-state index contributed by atoms with van der Waals surface area (Å²) in [6.07, 6.45) is 1.01. The van der Waals surface area contributed by atoms with Gasteiger partial charge in [0.1, 0.15) is 0 Å². The van der Waals surface area contributed by atoms with Crippen LogP contribution in [0.3, 0.4) is 0 Å². The zero-order valence-corrected chi connectivity index (χ0v) is 24.0. The van der Waals surface area contributed by atoms with Crippen LogP contribution in [0.2, 0.25) is 0 Å². The van der Waals surface area contributed by atoms with Crippen LogP contribution in [0.1, 0.15) is 74.5 Å². The van der Waals surface area contributed by atoms with Crippen molar-refractivity contribution in [3.63, 3.8) is 0 Å². The number of carbonyl (C=O) groups excluding carboxylic acids is 1. The fraction of sp³-hybridized carbons (Fsp3) is 0.484. The van der Waals surface area contributed by atoms with Crippen molar-refractivity contribution in [1.82, 2.24) is 19.9 Å². The Morgan fingerprint density at radius 3 is 2.42 bits per heavy atom. The number of aryl methyl sites for hydroxylation is 1.